The molecule has 1 heterocycles. The van der Waals surface area contributed by atoms with E-state index >= 15 is 0 Å². The molecule has 1 fully saturated rings. The lowest BCUT2D eigenvalue weighted by atomic mass is 9.92. The maximum atomic E-state index is 12.4. The van der Waals surface area contributed by atoms with Crippen LogP contribution in [0.2, 0.25) is 0 Å². The Balaban J connectivity index is 1.89. The number of hydrogen-bond acceptors (Lipinski definition) is 5. The fourth-order valence-electron chi connectivity index (χ4n) is 2.54. The molecule has 1 aromatic carbocycles. The Morgan fingerprint density at radius 3 is 2.85 bits per heavy atom. The first-order valence-electron chi connectivity index (χ1n) is 6.97. The average Bonchev–Trinajstić information content (AvgIpc) is 2.40. The Bertz CT molecular complexity index is 651. The molecule has 0 spiro atoms. The fraction of sp³-hybridized carbons (Fsp3) is 0.500. The van der Waals surface area contributed by atoms with Crippen LogP contribution in [-0.2, 0) is 6.67 Å². The Kier molecular flexibility index (Phi) is 3.75. The highest BCUT2D eigenvalue weighted by Gasteiger charge is 2.25. The molecule has 106 valence electrons. The molecule has 6 nitrogen and oxygen atoms in total. The van der Waals surface area contributed by atoms with Crippen LogP contribution in [0.25, 0.3) is 10.9 Å². The fourth-order valence-corrected chi connectivity index (χ4v) is 2.54. The highest BCUT2D eigenvalue weighted by molar-refractivity contribution is 5.76. The smallest absolute Gasteiger partial charge is 0.278 e. The van der Waals surface area contributed by atoms with Gasteiger partial charge in [-0.05, 0) is 25.0 Å². The summed E-state index contributed by atoms with van der Waals surface area (Å²) in [6.45, 7) is 1.04. The van der Waals surface area contributed by atoms with E-state index in [1.807, 2.05) is 12.1 Å². The molecule has 0 atom stereocenters. The van der Waals surface area contributed by atoms with Gasteiger partial charge in [-0.3, -0.25) is 9.69 Å². The molecule has 3 rings (SSSR count). The van der Waals surface area contributed by atoms with Crippen molar-refractivity contribution in [3.8, 4) is 0 Å². The highest BCUT2D eigenvalue weighted by atomic mass is 16.3. The van der Waals surface area contributed by atoms with Crippen molar-refractivity contribution in [3.63, 3.8) is 0 Å². The number of aliphatic hydroxyl groups excluding tert-OH is 1. The quantitative estimate of drug-likeness (QED) is 0.864. The van der Waals surface area contributed by atoms with Crippen LogP contribution in [0.15, 0.2) is 29.1 Å². The summed E-state index contributed by atoms with van der Waals surface area (Å²) in [5, 5.41) is 17.8. The Labute approximate surface area is 116 Å². The van der Waals surface area contributed by atoms with E-state index in [0.29, 0.717) is 30.2 Å². The van der Waals surface area contributed by atoms with Crippen LogP contribution in [-0.4, -0.2) is 44.2 Å². The monoisotopic (exact) mass is 274 g/mol. The molecular weight excluding hydrogens is 256 g/mol. The lowest BCUT2D eigenvalue weighted by Gasteiger charge is -2.36. The van der Waals surface area contributed by atoms with Crippen molar-refractivity contribution in [2.45, 2.75) is 32.0 Å². The zero-order chi connectivity index (χ0) is 13.9. The molecule has 0 aliphatic heterocycles. The predicted molar refractivity (Wildman–Crippen MR) is 75.2 cm³/mol. The maximum absolute atomic E-state index is 12.4. The van der Waals surface area contributed by atoms with E-state index in [9.17, 15) is 4.79 Å². The van der Waals surface area contributed by atoms with Crippen molar-refractivity contribution in [1.29, 1.82) is 0 Å². The number of hydrogen-bond donors (Lipinski definition) is 1. The second kappa shape index (κ2) is 5.68. The van der Waals surface area contributed by atoms with Crippen molar-refractivity contribution >= 4 is 10.9 Å². The van der Waals surface area contributed by atoms with Crippen LogP contribution < -0.4 is 5.56 Å². The van der Waals surface area contributed by atoms with Gasteiger partial charge in [-0.2, -0.15) is 4.68 Å². The molecule has 6 heteroatoms. The summed E-state index contributed by atoms with van der Waals surface area (Å²) < 4.78 is 1.39. The predicted octanol–water partition coefficient (Wildman–Crippen LogP) is 0.596. The van der Waals surface area contributed by atoms with Crippen LogP contribution in [0.5, 0.6) is 0 Å². The molecular formula is C14H18N4O2. The van der Waals surface area contributed by atoms with Crippen LogP contribution in [0.1, 0.15) is 19.3 Å². The van der Waals surface area contributed by atoms with Gasteiger partial charge >= 0.3 is 0 Å². The molecule has 0 bridgehead atoms. The van der Waals surface area contributed by atoms with Gasteiger partial charge in [-0.1, -0.05) is 23.8 Å². The molecule has 1 aliphatic carbocycles. The lowest BCUT2D eigenvalue weighted by Crippen LogP contribution is -2.45. The number of benzene rings is 1. The molecule has 0 saturated heterocycles. The van der Waals surface area contributed by atoms with E-state index in [-0.39, 0.29) is 12.2 Å². The third kappa shape index (κ3) is 2.44. The molecule has 1 saturated carbocycles. The van der Waals surface area contributed by atoms with Gasteiger partial charge in [0.25, 0.3) is 5.56 Å². The zero-order valence-electron chi connectivity index (χ0n) is 11.3. The molecule has 0 amide bonds. The summed E-state index contributed by atoms with van der Waals surface area (Å²) in [6.07, 6.45) is 3.45. The van der Waals surface area contributed by atoms with E-state index in [4.69, 9.17) is 5.11 Å². The summed E-state index contributed by atoms with van der Waals surface area (Å²) in [5.74, 6) is 0. The van der Waals surface area contributed by atoms with Gasteiger partial charge < -0.3 is 5.11 Å². The molecule has 1 aliphatic rings. The highest BCUT2D eigenvalue weighted by Crippen LogP contribution is 2.24. The normalized spacial score (nSPS) is 15.7. The van der Waals surface area contributed by atoms with E-state index in [1.165, 1.54) is 11.1 Å². The summed E-state index contributed by atoms with van der Waals surface area (Å²) in [5.41, 5.74) is 0.490. The van der Waals surface area contributed by atoms with Crippen LogP contribution in [0.4, 0.5) is 0 Å². The van der Waals surface area contributed by atoms with E-state index in [1.54, 1.807) is 12.1 Å². The first-order chi connectivity index (χ1) is 9.79. The standard InChI is InChI=1S/C14H18N4O2/c19-9-8-17(11-4-3-5-11)10-18-14(20)12-6-1-2-7-13(12)15-16-18/h1-2,6-7,11,19H,3-5,8-10H2. The third-order valence-corrected chi connectivity index (χ3v) is 3.92. The summed E-state index contributed by atoms with van der Waals surface area (Å²) in [7, 11) is 0. The topological polar surface area (TPSA) is 71.2 Å². The van der Waals surface area contributed by atoms with Gasteiger partial charge in [0.15, 0.2) is 0 Å². The van der Waals surface area contributed by atoms with Gasteiger partial charge in [-0.25, -0.2) is 0 Å². The van der Waals surface area contributed by atoms with Crippen molar-refractivity contribution in [2.75, 3.05) is 13.2 Å². The lowest BCUT2D eigenvalue weighted by molar-refractivity contribution is 0.0653. The molecule has 20 heavy (non-hydrogen) atoms. The largest absolute Gasteiger partial charge is 0.395 e. The third-order valence-electron chi connectivity index (χ3n) is 3.92. The van der Waals surface area contributed by atoms with Gasteiger partial charge in [0.05, 0.1) is 18.7 Å². The minimum atomic E-state index is -0.127. The van der Waals surface area contributed by atoms with Crippen LogP contribution >= 0.6 is 0 Å². The second-order valence-corrected chi connectivity index (χ2v) is 5.17. The van der Waals surface area contributed by atoms with Gasteiger partial charge in [0.2, 0.25) is 0 Å². The first kappa shape index (κ1) is 13.2. The number of rotatable bonds is 5. The SMILES string of the molecule is O=c1c2ccccc2nnn1CN(CCO)C1CCC1. The number of fused-ring (bicyclic) bond motifs is 1. The second-order valence-electron chi connectivity index (χ2n) is 5.17. The molecule has 0 unspecified atom stereocenters. The molecule has 2 aromatic rings. The van der Waals surface area contributed by atoms with Gasteiger partial charge in [0, 0.05) is 12.6 Å². The molecule has 1 N–H and O–H groups in total. The van der Waals surface area contributed by atoms with Crippen LogP contribution in [0, 0.1) is 0 Å². The zero-order valence-corrected chi connectivity index (χ0v) is 11.3. The van der Waals surface area contributed by atoms with Gasteiger partial charge in [-0.15, -0.1) is 5.10 Å². The average molecular weight is 274 g/mol. The van der Waals surface area contributed by atoms with E-state index < -0.39 is 0 Å². The Morgan fingerprint density at radius 1 is 1.35 bits per heavy atom. The van der Waals surface area contributed by atoms with Crippen molar-refractivity contribution in [3.05, 3.63) is 34.6 Å². The first-order valence-corrected chi connectivity index (χ1v) is 6.97. The van der Waals surface area contributed by atoms with Crippen LogP contribution in [0.3, 0.4) is 0 Å². The summed E-state index contributed by atoms with van der Waals surface area (Å²) in [6, 6.07) is 7.66. The number of nitrogens with zero attached hydrogens (tertiary/aromatic N) is 4. The minimum absolute atomic E-state index is 0.0895. The minimum Gasteiger partial charge on any atom is -0.395 e. The Morgan fingerprint density at radius 2 is 2.15 bits per heavy atom. The molecule has 0 radical (unpaired) electrons. The van der Waals surface area contributed by atoms with E-state index in [2.05, 4.69) is 15.2 Å². The Hall–Kier alpha value is -1.79. The molecule has 1 aromatic heterocycles. The van der Waals surface area contributed by atoms with Crippen molar-refractivity contribution in [2.24, 2.45) is 0 Å². The van der Waals surface area contributed by atoms with Crippen molar-refractivity contribution in [1.82, 2.24) is 19.9 Å². The summed E-state index contributed by atoms with van der Waals surface area (Å²) in [4.78, 5) is 14.5. The number of aliphatic hydroxyl groups is 1. The summed E-state index contributed by atoms with van der Waals surface area (Å²) >= 11 is 0. The van der Waals surface area contributed by atoms with E-state index in [0.717, 1.165) is 12.8 Å². The van der Waals surface area contributed by atoms with Crippen molar-refractivity contribution < 1.29 is 5.11 Å². The van der Waals surface area contributed by atoms with Gasteiger partial charge in [0.1, 0.15) is 5.52 Å². The number of aromatic nitrogens is 3. The maximum Gasteiger partial charge on any atom is 0.278 e.